The summed E-state index contributed by atoms with van der Waals surface area (Å²) in [7, 11) is 0. The van der Waals surface area contributed by atoms with E-state index in [0.29, 0.717) is 26.3 Å². The zero-order chi connectivity index (χ0) is 20.4. The van der Waals surface area contributed by atoms with Gasteiger partial charge in [0.25, 0.3) is 5.91 Å². The van der Waals surface area contributed by atoms with E-state index in [1.165, 1.54) is 11.8 Å². The van der Waals surface area contributed by atoms with Crippen LogP contribution in [-0.2, 0) is 4.79 Å². The fraction of sp³-hybridized carbons (Fsp3) is 0.190. The van der Waals surface area contributed by atoms with Crippen LogP contribution in [0.3, 0.4) is 0 Å². The smallest absolute Gasteiger partial charge is 0.252 e. The SMILES string of the molecule is O=C(CSc1cc(C(=O)NC2CC2)c2ccccc2n1)Nc1cccc(Cl)c1Cl. The number of carbonyl (C=O) groups excluding carboxylic acids is 2. The molecule has 1 aromatic heterocycles. The van der Waals surface area contributed by atoms with E-state index >= 15 is 0 Å². The third-order valence-electron chi connectivity index (χ3n) is 4.43. The van der Waals surface area contributed by atoms with Gasteiger partial charge < -0.3 is 10.6 Å². The number of hydrogen-bond acceptors (Lipinski definition) is 4. The Bertz CT molecular complexity index is 1100. The summed E-state index contributed by atoms with van der Waals surface area (Å²) in [6.45, 7) is 0. The average molecular weight is 446 g/mol. The van der Waals surface area contributed by atoms with Gasteiger partial charge in [0.05, 0.1) is 37.6 Å². The summed E-state index contributed by atoms with van der Waals surface area (Å²) in [5, 5.41) is 7.84. The van der Waals surface area contributed by atoms with Crippen molar-refractivity contribution in [2.45, 2.75) is 23.9 Å². The fourth-order valence-corrected chi connectivity index (χ4v) is 3.89. The van der Waals surface area contributed by atoms with Crippen molar-refractivity contribution in [3.8, 4) is 0 Å². The lowest BCUT2D eigenvalue weighted by molar-refractivity contribution is -0.113. The van der Waals surface area contributed by atoms with Crippen LogP contribution in [0.15, 0.2) is 53.6 Å². The van der Waals surface area contributed by atoms with Crippen LogP contribution in [0, 0.1) is 0 Å². The second-order valence-electron chi connectivity index (χ2n) is 6.71. The maximum absolute atomic E-state index is 12.7. The third kappa shape index (κ3) is 4.83. The van der Waals surface area contributed by atoms with Gasteiger partial charge in [-0.3, -0.25) is 9.59 Å². The number of para-hydroxylation sites is 1. The van der Waals surface area contributed by atoms with E-state index < -0.39 is 0 Å². The number of aromatic nitrogens is 1. The van der Waals surface area contributed by atoms with Crippen molar-refractivity contribution < 1.29 is 9.59 Å². The molecule has 29 heavy (non-hydrogen) atoms. The monoisotopic (exact) mass is 445 g/mol. The average Bonchev–Trinajstić information content (AvgIpc) is 3.53. The molecule has 4 rings (SSSR count). The maximum Gasteiger partial charge on any atom is 0.252 e. The number of hydrogen-bond donors (Lipinski definition) is 2. The molecule has 3 aromatic rings. The number of thioether (sulfide) groups is 1. The Hall–Kier alpha value is -2.28. The van der Waals surface area contributed by atoms with Crippen LogP contribution in [0.4, 0.5) is 5.69 Å². The number of carbonyl (C=O) groups is 2. The summed E-state index contributed by atoms with van der Waals surface area (Å²) in [4.78, 5) is 29.6. The summed E-state index contributed by atoms with van der Waals surface area (Å²) >= 11 is 13.3. The summed E-state index contributed by atoms with van der Waals surface area (Å²) < 4.78 is 0. The molecule has 0 atom stereocenters. The van der Waals surface area contributed by atoms with Crippen LogP contribution < -0.4 is 10.6 Å². The molecule has 0 radical (unpaired) electrons. The van der Waals surface area contributed by atoms with E-state index in [9.17, 15) is 9.59 Å². The Morgan fingerprint density at radius 3 is 2.69 bits per heavy atom. The second-order valence-corrected chi connectivity index (χ2v) is 8.49. The molecule has 1 heterocycles. The summed E-state index contributed by atoms with van der Waals surface area (Å²) in [6, 6.07) is 14.6. The van der Waals surface area contributed by atoms with Crippen molar-refractivity contribution in [1.82, 2.24) is 10.3 Å². The van der Waals surface area contributed by atoms with E-state index in [1.807, 2.05) is 24.3 Å². The van der Waals surface area contributed by atoms with Crippen LogP contribution in [0.1, 0.15) is 23.2 Å². The molecule has 1 aliphatic carbocycles. The normalized spacial score (nSPS) is 13.3. The topological polar surface area (TPSA) is 71.1 Å². The van der Waals surface area contributed by atoms with Gasteiger partial charge in [0.2, 0.25) is 5.91 Å². The third-order valence-corrected chi connectivity index (χ3v) is 6.16. The largest absolute Gasteiger partial charge is 0.349 e. The van der Waals surface area contributed by atoms with Gasteiger partial charge in [-0.1, -0.05) is 59.2 Å². The number of nitrogens with one attached hydrogen (secondary N) is 2. The lowest BCUT2D eigenvalue weighted by Gasteiger charge is -2.10. The van der Waals surface area contributed by atoms with Gasteiger partial charge in [-0.2, -0.15) is 0 Å². The highest BCUT2D eigenvalue weighted by atomic mass is 35.5. The number of rotatable bonds is 6. The van der Waals surface area contributed by atoms with Crippen molar-refractivity contribution in [3.05, 3.63) is 64.1 Å². The van der Waals surface area contributed by atoms with Crippen molar-refractivity contribution in [2.24, 2.45) is 0 Å². The number of nitrogens with zero attached hydrogens (tertiary/aromatic N) is 1. The van der Waals surface area contributed by atoms with E-state index in [1.54, 1.807) is 24.3 Å². The first-order chi connectivity index (χ1) is 14.0. The minimum atomic E-state index is -0.238. The Morgan fingerprint density at radius 1 is 1.10 bits per heavy atom. The lowest BCUT2D eigenvalue weighted by atomic mass is 10.1. The van der Waals surface area contributed by atoms with Gasteiger partial charge in [-0.25, -0.2) is 4.98 Å². The van der Waals surface area contributed by atoms with Gasteiger partial charge in [0.1, 0.15) is 0 Å². The molecule has 1 saturated carbocycles. The quantitative estimate of drug-likeness (QED) is 0.513. The molecule has 1 aliphatic rings. The molecule has 0 unspecified atom stereocenters. The Kier molecular flexibility index (Phi) is 5.94. The Balaban J connectivity index is 1.50. The number of pyridine rings is 1. The number of fused-ring (bicyclic) bond motifs is 1. The van der Waals surface area contributed by atoms with E-state index in [4.69, 9.17) is 23.2 Å². The second kappa shape index (κ2) is 8.61. The first kappa shape index (κ1) is 20.0. The molecule has 5 nitrogen and oxygen atoms in total. The summed E-state index contributed by atoms with van der Waals surface area (Å²) in [5.74, 6) is -0.223. The van der Waals surface area contributed by atoms with Gasteiger partial charge in [0, 0.05) is 11.4 Å². The highest BCUT2D eigenvalue weighted by molar-refractivity contribution is 7.99. The van der Waals surface area contributed by atoms with Gasteiger partial charge in [-0.15, -0.1) is 0 Å². The van der Waals surface area contributed by atoms with Crippen LogP contribution >= 0.6 is 35.0 Å². The zero-order valence-corrected chi connectivity index (χ0v) is 17.6. The summed E-state index contributed by atoms with van der Waals surface area (Å²) in [5.41, 5.74) is 1.75. The van der Waals surface area contributed by atoms with E-state index in [0.717, 1.165) is 23.7 Å². The highest BCUT2D eigenvalue weighted by Gasteiger charge is 2.25. The minimum Gasteiger partial charge on any atom is -0.349 e. The molecule has 0 bridgehead atoms. The molecule has 1 fully saturated rings. The van der Waals surface area contributed by atoms with Crippen molar-refractivity contribution in [1.29, 1.82) is 0 Å². The van der Waals surface area contributed by atoms with Crippen LogP contribution in [0.25, 0.3) is 10.9 Å². The number of benzene rings is 2. The predicted octanol–water partition coefficient (Wildman–Crippen LogP) is 5.16. The van der Waals surface area contributed by atoms with Gasteiger partial charge >= 0.3 is 0 Å². The Labute approximate surface area is 182 Å². The van der Waals surface area contributed by atoms with Crippen molar-refractivity contribution >= 4 is 63.4 Å². The lowest BCUT2D eigenvalue weighted by Crippen LogP contribution is -2.25. The van der Waals surface area contributed by atoms with Gasteiger partial charge in [0.15, 0.2) is 0 Å². The molecule has 8 heteroatoms. The molecule has 0 spiro atoms. The first-order valence-electron chi connectivity index (χ1n) is 9.08. The molecule has 2 amide bonds. The number of amides is 2. The molecular weight excluding hydrogens is 429 g/mol. The van der Waals surface area contributed by atoms with Crippen molar-refractivity contribution in [2.75, 3.05) is 11.1 Å². The molecule has 0 aliphatic heterocycles. The fourth-order valence-electron chi connectivity index (χ4n) is 2.83. The molecule has 2 aromatic carbocycles. The molecule has 0 saturated heterocycles. The number of halogens is 2. The van der Waals surface area contributed by atoms with Crippen molar-refractivity contribution in [3.63, 3.8) is 0 Å². The minimum absolute atomic E-state index is 0.108. The molecular formula is C21H17Cl2N3O2S. The van der Waals surface area contributed by atoms with E-state index in [-0.39, 0.29) is 23.6 Å². The van der Waals surface area contributed by atoms with Crippen LogP contribution in [0.5, 0.6) is 0 Å². The highest BCUT2D eigenvalue weighted by Crippen LogP contribution is 2.30. The summed E-state index contributed by atoms with van der Waals surface area (Å²) in [6.07, 6.45) is 2.03. The zero-order valence-electron chi connectivity index (χ0n) is 15.2. The maximum atomic E-state index is 12.7. The predicted molar refractivity (Wildman–Crippen MR) is 118 cm³/mol. The number of anilines is 1. The van der Waals surface area contributed by atoms with Crippen LogP contribution in [0.2, 0.25) is 10.0 Å². The first-order valence-corrected chi connectivity index (χ1v) is 10.8. The van der Waals surface area contributed by atoms with Crippen LogP contribution in [-0.4, -0.2) is 28.6 Å². The standard InChI is InChI=1S/C21H17Cl2N3O2S/c22-15-5-3-7-17(20(15)23)25-18(27)11-29-19-10-14(21(28)24-12-8-9-12)13-4-1-2-6-16(13)26-19/h1-7,10,12H,8-9,11H2,(H,24,28)(H,25,27). The molecule has 2 N–H and O–H groups in total. The van der Waals surface area contributed by atoms with Gasteiger partial charge in [-0.05, 0) is 37.1 Å². The molecule has 148 valence electrons. The van der Waals surface area contributed by atoms with E-state index in [2.05, 4.69) is 15.6 Å². The Morgan fingerprint density at radius 2 is 1.90 bits per heavy atom.